The third-order valence-electron chi connectivity index (χ3n) is 10.6. The van der Waals surface area contributed by atoms with Gasteiger partial charge < -0.3 is 42.6 Å². The number of Topliss-reactive ketones (excluding diaryl/α,β-unsaturated/α-hetero) is 1. The first kappa shape index (κ1) is 39.0. The molecule has 3 aromatic carbocycles. The Morgan fingerprint density at radius 1 is 0.577 bits per heavy atom. The minimum atomic E-state index is -4.72. The van der Waals surface area contributed by atoms with E-state index in [1.165, 1.54) is 64.0 Å². The number of carbonyl (C=O) groups is 1. The Balaban J connectivity index is 2.05. The van der Waals surface area contributed by atoms with E-state index in [0.29, 0.717) is 30.1 Å². The molecule has 3 aromatic rings. The van der Waals surface area contributed by atoms with Crippen LogP contribution in [-0.2, 0) is 18.5 Å². The number of methoxy groups -OCH3 is 9. The second-order valence-electron chi connectivity index (χ2n) is 13.1. The van der Waals surface area contributed by atoms with Crippen molar-refractivity contribution in [2.24, 2.45) is 16.7 Å². The van der Waals surface area contributed by atoms with Crippen molar-refractivity contribution in [2.45, 2.75) is 47.8 Å². The normalized spacial score (nSPS) is 19.5. The quantitative estimate of drug-likeness (QED) is 0.153. The van der Waals surface area contributed by atoms with Crippen molar-refractivity contribution in [1.82, 2.24) is 0 Å². The summed E-state index contributed by atoms with van der Waals surface area (Å²) in [6.07, 6.45) is 1.45. The zero-order valence-corrected chi connectivity index (χ0v) is 33.1. The smallest absolute Gasteiger partial charge is 0.278 e. The van der Waals surface area contributed by atoms with Crippen LogP contribution in [0, 0.1) is 16.7 Å². The van der Waals surface area contributed by atoms with Gasteiger partial charge in [-0.15, -0.1) is 0 Å². The standard InChI is InChI=1S/C37H48O13S2/c1-36(2)22-12-13-37(36,32(38)14-22)21-51(39,40)50-52(33-26(44-6)15-23(41-3)16-27(33)45-7,34-28(46-8)17-24(42-4)18-29(34)47-9)35-30(48-10)19-25(43-5)20-31(35)49-11/h15-20,22H,12-14,21H2,1-11H3. The van der Waals surface area contributed by atoms with Gasteiger partial charge in [0, 0.05) is 42.8 Å². The summed E-state index contributed by atoms with van der Waals surface area (Å²) < 4.78 is 90.3. The lowest BCUT2D eigenvalue weighted by Gasteiger charge is -2.44. The zero-order valence-electron chi connectivity index (χ0n) is 31.5. The first-order valence-electron chi connectivity index (χ1n) is 16.4. The monoisotopic (exact) mass is 764 g/mol. The van der Waals surface area contributed by atoms with Crippen molar-refractivity contribution in [3.05, 3.63) is 36.4 Å². The molecular weight excluding hydrogens is 717 g/mol. The summed E-state index contributed by atoms with van der Waals surface area (Å²) in [7, 11) is 4.44. The van der Waals surface area contributed by atoms with Crippen LogP contribution in [0.2, 0.25) is 0 Å². The molecule has 0 spiro atoms. The van der Waals surface area contributed by atoms with Crippen molar-refractivity contribution in [2.75, 3.05) is 69.7 Å². The van der Waals surface area contributed by atoms with Gasteiger partial charge in [0.15, 0.2) is 0 Å². The van der Waals surface area contributed by atoms with Crippen molar-refractivity contribution >= 4 is 26.2 Å². The van der Waals surface area contributed by atoms with Crippen molar-refractivity contribution in [3.63, 3.8) is 0 Å². The maximum atomic E-state index is 15.2. The molecule has 0 amide bonds. The molecule has 2 aliphatic rings. The van der Waals surface area contributed by atoms with Crippen LogP contribution in [0.15, 0.2) is 51.1 Å². The van der Waals surface area contributed by atoms with E-state index in [-0.39, 0.29) is 60.9 Å². The van der Waals surface area contributed by atoms with Gasteiger partial charge in [-0.05, 0) is 34.5 Å². The highest BCUT2D eigenvalue weighted by molar-refractivity contribution is 8.33. The number of benzene rings is 3. The number of ether oxygens (including phenoxy) is 9. The Labute approximate surface area is 307 Å². The van der Waals surface area contributed by atoms with E-state index in [1.807, 2.05) is 13.8 Å². The van der Waals surface area contributed by atoms with Crippen LogP contribution < -0.4 is 42.6 Å². The molecule has 2 aliphatic carbocycles. The first-order chi connectivity index (χ1) is 24.7. The molecule has 2 atom stereocenters. The highest BCUT2D eigenvalue weighted by Gasteiger charge is 2.66. The minimum Gasteiger partial charge on any atom is -0.496 e. The van der Waals surface area contributed by atoms with Crippen LogP contribution >= 0.6 is 10.3 Å². The van der Waals surface area contributed by atoms with Gasteiger partial charge in [0.25, 0.3) is 10.1 Å². The average molecular weight is 765 g/mol. The fourth-order valence-corrected chi connectivity index (χ4v) is 14.5. The van der Waals surface area contributed by atoms with Crippen LogP contribution in [0.3, 0.4) is 0 Å². The molecule has 52 heavy (non-hydrogen) atoms. The molecule has 0 aromatic heterocycles. The molecule has 2 bridgehead atoms. The van der Waals surface area contributed by atoms with Crippen LogP contribution in [0.1, 0.15) is 33.1 Å². The maximum absolute atomic E-state index is 15.2. The maximum Gasteiger partial charge on any atom is 0.278 e. The third kappa shape index (κ3) is 6.09. The van der Waals surface area contributed by atoms with E-state index in [0.717, 1.165) is 6.42 Å². The SMILES string of the molecule is COc1cc(OC)c(S(OS(=O)(=O)CC23CCC(CC2=O)C3(C)C)(c2c(OC)cc(OC)cc2OC)c2c(OC)cc(OC)cc2OC)c(OC)c1. The molecule has 0 aliphatic heterocycles. The number of hydrogen-bond donors (Lipinski definition) is 0. The van der Waals surface area contributed by atoms with E-state index in [2.05, 4.69) is 0 Å². The Hall–Kier alpha value is -4.21. The fourth-order valence-electron chi connectivity index (χ4n) is 7.77. The van der Waals surface area contributed by atoms with Gasteiger partial charge in [0.2, 0.25) is 0 Å². The van der Waals surface area contributed by atoms with Crippen LogP contribution in [0.4, 0.5) is 0 Å². The highest BCUT2D eigenvalue weighted by Crippen LogP contribution is 2.81. The largest absolute Gasteiger partial charge is 0.496 e. The second kappa shape index (κ2) is 14.7. The molecule has 2 saturated carbocycles. The van der Waals surface area contributed by atoms with E-state index in [1.54, 1.807) is 36.4 Å². The zero-order chi connectivity index (χ0) is 38.2. The molecule has 0 saturated heterocycles. The summed E-state index contributed by atoms with van der Waals surface area (Å²) in [5.41, 5.74) is -1.78. The third-order valence-corrected chi connectivity index (χ3v) is 16.1. The van der Waals surface area contributed by atoms with Crippen molar-refractivity contribution in [1.29, 1.82) is 0 Å². The lowest BCUT2D eigenvalue weighted by atomic mass is 9.70. The van der Waals surface area contributed by atoms with Gasteiger partial charge in [-0.25, -0.2) is 3.63 Å². The van der Waals surface area contributed by atoms with E-state index >= 15 is 8.42 Å². The summed E-state index contributed by atoms with van der Waals surface area (Å²) in [5, 5.41) is 0. The molecular formula is C37H48O13S2. The Bertz CT molecular complexity index is 1710. The van der Waals surface area contributed by atoms with Crippen LogP contribution in [0.25, 0.3) is 0 Å². The van der Waals surface area contributed by atoms with Gasteiger partial charge in [-0.3, -0.25) is 4.79 Å². The Morgan fingerprint density at radius 2 is 0.904 bits per heavy atom. The molecule has 0 heterocycles. The highest BCUT2D eigenvalue weighted by atomic mass is 32.3. The Morgan fingerprint density at radius 3 is 1.13 bits per heavy atom. The lowest BCUT2D eigenvalue weighted by Crippen LogP contribution is -2.42. The van der Waals surface area contributed by atoms with Crippen molar-refractivity contribution in [3.8, 4) is 51.7 Å². The van der Waals surface area contributed by atoms with Crippen LogP contribution in [-0.4, -0.2) is 83.9 Å². The first-order valence-corrected chi connectivity index (χ1v) is 19.5. The molecule has 0 N–H and O–H groups in total. The fraction of sp³-hybridized carbons (Fsp3) is 0.486. The van der Waals surface area contributed by atoms with Gasteiger partial charge in [0.05, 0.1) is 75.2 Å². The van der Waals surface area contributed by atoms with E-state index in [9.17, 15) is 4.79 Å². The number of hydrogen-bond acceptors (Lipinski definition) is 13. The predicted octanol–water partition coefficient (Wildman–Crippen LogP) is 6.70. The van der Waals surface area contributed by atoms with Gasteiger partial charge >= 0.3 is 0 Å². The average Bonchev–Trinajstić information content (AvgIpc) is 3.49. The van der Waals surface area contributed by atoms with Gasteiger partial charge in [-0.2, -0.15) is 8.42 Å². The molecule has 2 fully saturated rings. The van der Waals surface area contributed by atoms with E-state index < -0.39 is 37.0 Å². The number of carbonyl (C=O) groups excluding carboxylic acids is 1. The van der Waals surface area contributed by atoms with E-state index in [4.69, 9.17) is 46.3 Å². The number of rotatable bonds is 16. The summed E-state index contributed by atoms with van der Waals surface area (Å²) in [6.45, 7) is 3.93. The van der Waals surface area contributed by atoms with Crippen LogP contribution in [0.5, 0.6) is 51.7 Å². The lowest BCUT2D eigenvalue weighted by molar-refractivity contribution is -0.128. The molecule has 2 unspecified atom stereocenters. The minimum absolute atomic E-state index is 0.0534. The van der Waals surface area contributed by atoms with Crippen molar-refractivity contribution < 1.29 is 59.5 Å². The molecule has 5 rings (SSSR count). The summed E-state index contributed by atoms with van der Waals surface area (Å²) in [6, 6.07) is 9.53. The number of fused-ring (bicyclic) bond motifs is 2. The molecule has 13 nitrogen and oxygen atoms in total. The van der Waals surface area contributed by atoms with Gasteiger partial charge in [-0.1, -0.05) is 13.8 Å². The van der Waals surface area contributed by atoms with Gasteiger partial charge in [0.1, 0.15) is 72.2 Å². The topological polar surface area (TPSA) is 144 Å². The molecule has 15 heteroatoms. The second-order valence-corrected chi connectivity index (χ2v) is 17.4. The summed E-state index contributed by atoms with van der Waals surface area (Å²) in [4.78, 5) is 14.2. The number of ketones is 1. The predicted molar refractivity (Wildman–Crippen MR) is 194 cm³/mol. The Kier molecular flexibility index (Phi) is 11.0. The summed E-state index contributed by atoms with van der Waals surface area (Å²) >= 11 is 0. The molecule has 0 radical (unpaired) electrons. The summed E-state index contributed by atoms with van der Waals surface area (Å²) in [5.74, 6) is 1.25. The molecule has 286 valence electrons.